The number of nitrogens with one attached hydrogen (secondary N) is 1. The van der Waals surface area contributed by atoms with Crippen LogP contribution in [0.1, 0.15) is 10.4 Å². The normalized spacial score (nSPS) is 17.3. The maximum Gasteiger partial charge on any atom is 0.335 e. The molecule has 2 aromatic carbocycles. The largest absolute Gasteiger partial charge is 0.478 e. The fourth-order valence-electron chi connectivity index (χ4n) is 2.33. The number of para-hydroxylation sites is 1. The summed E-state index contributed by atoms with van der Waals surface area (Å²) in [5, 5.41) is 11.1. The number of imide groups is 1. The summed E-state index contributed by atoms with van der Waals surface area (Å²) in [4.78, 5) is 40.3. The van der Waals surface area contributed by atoms with Crippen molar-refractivity contribution in [3.63, 3.8) is 0 Å². The Balaban J connectivity index is 1.85. The molecule has 0 radical (unpaired) electrons. The van der Waals surface area contributed by atoms with Gasteiger partial charge in [-0.25, -0.2) is 9.59 Å². The first-order valence-corrected chi connectivity index (χ1v) is 7.13. The molecule has 2 N–H and O–H groups in total. The van der Waals surface area contributed by atoms with Gasteiger partial charge in [-0.1, -0.05) is 18.2 Å². The zero-order chi connectivity index (χ0) is 17.1. The van der Waals surface area contributed by atoms with Crippen LogP contribution >= 0.6 is 0 Å². The van der Waals surface area contributed by atoms with Crippen LogP contribution in [0.4, 0.5) is 16.2 Å². The molecule has 3 rings (SSSR count). The molecule has 0 bridgehead atoms. The summed E-state index contributed by atoms with van der Waals surface area (Å²) in [6.07, 6.45) is 1.36. The summed E-state index contributed by atoms with van der Waals surface area (Å²) >= 11 is 0. The van der Waals surface area contributed by atoms with Crippen LogP contribution in [-0.4, -0.2) is 35.3 Å². The summed E-state index contributed by atoms with van der Waals surface area (Å²) in [5.74, 6) is -1.49. The van der Waals surface area contributed by atoms with Crippen LogP contribution < -0.4 is 10.2 Å². The monoisotopic (exact) mass is 323 g/mol. The zero-order valence-electron chi connectivity index (χ0n) is 12.4. The van der Waals surface area contributed by atoms with E-state index in [4.69, 9.17) is 5.11 Å². The molecule has 0 spiro atoms. The molecule has 1 aliphatic rings. The van der Waals surface area contributed by atoms with Crippen molar-refractivity contribution in [1.29, 1.82) is 0 Å². The number of aromatic carboxylic acids is 1. The summed E-state index contributed by atoms with van der Waals surface area (Å²) in [6.45, 7) is 0. The van der Waals surface area contributed by atoms with E-state index in [9.17, 15) is 14.4 Å². The van der Waals surface area contributed by atoms with Crippen molar-refractivity contribution in [3.8, 4) is 0 Å². The van der Waals surface area contributed by atoms with Crippen molar-refractivity contribution in [2.24, 2.45) is 4.99 Å². The minimum atomic E-state index is -1.03. The van der Waals surface area contributed by atoms with Gasteiger partial charge in [0, 0.05) is 11.9 Å². The number of carboxylic acids is 1. The van der Waals surface area contributed by atoms with Gasteiger partial charge in [0.2, 0.25) is 0 Å². The third-order valence-electron chi connectivity index (χ3n) is 3.51. The van der Waals surface area contributed by atoms with Crippen molar-refractivity contribution in [2.75, 3.05) is 4.90 Å². The molecule has 1 saturated heterocycles. The van der Waals surface area contributed by atoms with Gasteiger partial charge >= 0.3 is 12.0 Å². The molecule has 0 saturated carbocycles. The number of carbonyl (C=O) groups is 3. The van der Waals surface area contributed by atoms with Gasteiger partial charge in [0.05, 0.1) is 11.3 Å². The van der Waals surface area contributed by atoms with E-state index in [1.54, 1.807) is 24.3 Å². The molecule has 1 fully saturated rings. The van der Waals surface area contributed by atoms with Crippen LogP contribution in [-0.2, 0) is 4.79 Å². The lowest BCUT2D eigenvalue weighted by Gasteiger charge is -2.18. The highest BCUT2D eigenvalue weighted by atomic mass is 16.4. The lowest BCUT2D eigenvalue weighted by molar-refractivity contribution is -0.118. The molecule has 0 aliphatic carbocycles. The van der Waals surface area contributed by atoms with E-state index in [0.717, 1.165) is 0 Å². The Hall–Kier alpha value is -3.48. The quantitative estimate of drug-likeness (QED) is 0.665. The van der Waals surface area contributed by atoms with Crippen molar-refractivity contribution < 1.29 is 19.5 Å². The van der Waals surface area contributed by atoms with Crippen LogP contribution in [0.3, 0.4) is 0 Å². The number of nitrogens with zero attached hydrogens (tertiary/aromatic N) is 2. The van der Waals surface area contributed by atoms with Gasteiger partial charge in [-0.15, -0.1) is 0 Å². The predicted octanol–water partition coefficient (Wildman–Crippen LogP) is 2.21. The molecule has 1 heterocycles. The number of anilines is 1. The molecule has 7 nitrogen and oxygen atoms in total. The predicted molar refractivity (Wildman–Crippen MR) is 87.8 cm³/mol. The van der Waals surface area contributed by atoms with Crippen molar-refractivity contribution in [1.82, 2.24) is 5.32 Å². The molecule has 0 unspecified atom stereocenters. The smallest absolute Gasteiger partial charge is 0.335 e. The third kappa shape index (κ3) is 3.00. The van der Waals surface area contributed by atoms with E-state index in [-0.39, 0.29) is 5.56 Å². The number of carbonyl (C=O) groups excluding carboxylic acids is 2. The first kappa shape index (κ1) is 15.4. The SMILES string of the molecule is O=C(O)c1ccc(N=C[C@@H]2C(=O)NC(=O)N2c2ccccc2)cc1. The summed E-state index contributed by atoms with van der Waals surface area (Å²) in [7, 11) is 0. The second-order valence-corrected chi connectivity index (χ2v) is 5.07. The van der Waals surface area contributed by atoms with Crippen LogP contribution in [0, 0.1) is 0 Å². The maximum absolute atomic E-state index is 12.0. The minimum absolute atomic E-state index is 0.147. The van der Waals surface area contributed by atoms with Gasteiger partial charge in [-0.3, -0.25) is 20.0 Å². The Kier molecular flexibility index (Phi) is 4.07. The van der Waals surface area contributed by atoms with Gasteiger partial charge in [0.1, 0.15) is 0 Å². The van der Waals surface area contributed by atoms with Crippen molar-refractivity contribution >= 4 is 35.5 Å². The number of hydrogen-bond donors (Lipinski definition) is 2. The Labute approximate surface area is 137 Å². The standard InChI is InChI=1S/C17H13N3O4/c21-15-14(10-18-12-8-6-11(7-9-12)16(22)23)20(17(24)19-15)13-4-2-1-3-5-13/h1-10,14H,(H,22,23)(H,19,21,24)/t14-/m1/s1. The number of benzene rings is 2. The highest BCUT2D eigenvalue weighted by Gasteiger charge is 2.38. The summed E-state index contributed by atoms with van der Waals surface area (Å²) < 4.78 is 0. The highest BCUT2D eigenvalue weighted by molar-refractivity contribution is 6.21. The molecule has 1 aliphatic heterocycles. The van der Waals surface area contributed by atoms with E-state index in [1.807, 2.05) is 6.07 Å². The number of hydrogen-bond acceptors (Lipinski definition) is 4. The molecule has 0 aromatic heterocycles. The fraction of sp³-hybridized carbons (Fsp3) is 0.0588. The molecule has 7 heteroatoms. The summed E-state index contributed by atoms with van der Waals surface area (Å²) in [5.41, 5.74) is 1.22. The third-order valence-corrected chi connectivity index (χ3v) is 3.51. The second-order valence-electron chi connectivity index (χ2n) is 5.07. The topological polar surface area (TPSA) is 99.1 Å². The van der Waals surface area contributed by atoms with Gasteiger partial charge in [0.25, 0.3) is 5.91 Å². The van der Waals surface area contributed by atoms with Gasteiger partial charge in [-0.2, -0.15) is 0 Å². The van der Waals surface area contributed by atoms with Gasteiger partial charge in [0.15, 0.2) is 6.04 Å². The number of carboxylic acid groups (broad SMARTS) is 1. The van der Waals surface area contributed by atoms with E-state index in [2.05, 4.69) is 10.3 Å². The number of urea groups is 1. The number of amides is 3. The Bertz CT molecular complexity index is 815. The highest BCUT2D eigenvalue weighted by Crippen LogP contribution is 2.21. The molecule has 24 heavy (non-hydrogen) atoms. The van der Waals surface area contributed by atoms with Crippen molar-refractivity contribution in [2.45, 2.75) is 6.04 Å². The molecular weight excluding hydrogens is 310 g/mol. The minimum Gasteiger partial charge on any atom is -0.478 e. The lowest BCUT2D eigenvalue weighted by atomic mass is 10.2. The number of rotatable bonds is 4. The molecule has 2 aromatic rings. The maximum atomic E-state index is 12.0. The van der Waals surface area contributed by atoms with Crippen LogP contribution in [0.2, 0.25) is 0 Å². The van der Waals surface area contributed by atoms with Crippen LogP contribution in [0.25, 0.3) is 0 Å². The zero-order valence-corrected chi connectivity index (χ0v) is 12.4. The average Bonchev–Trinajstić information content (AvgIpc) is 2.87. The molecule has 1 atom stereocenters. The fourth-order valence-corrected chi connectivity index (χ4v) is 2.33. The van der Waals surface area contributed by atoms with E-state index in [0.29, 0.717) is 11.4 Å². The molecular formula is C17H13N3O4. The van der Waals surface area contributed by atoms with Crippen molar-refractivity contribution in [3.05, 3.63) is 60.2 Å². The van der Waals surface area contributed by atoms with E-state index >= 15 is 0 Å². The molecule has 3 amide bonds. The first-order valence-electron chi connectivity index (χ1n) is 7.13. The first-order chi connectivity index (χ1) is 11.6. The van der Waals surface area contributed by atoms with Crippen LogP contribution in [0.15, 0.2) is 59.6 Å². The van der Waals surface area contributed by atoms with Crippen LogP contribution in [0.5, 0.6) is 0 Å². The average molecular weight is 323 g/mol. The lowest BCUT2D eigenvalue weighted by Crippen LogP contribution is -2.36. The Morgan fingerprint density at radius 3 is 2.38 bits per heavy atom. The van der Waals surface area contributed by atoms with E-state index < -0.39 is 23.9 Å². The Morgan fingerprint density at radius 2 is 1.75 bits per heavy atom. The second kappa shape index (κ2) is 6.33. The molecule has 120 valence electrons. The van der Waals surface area contributed by atoms with E-state index in [1.165, 1.54) is 35.4 Å². The Morgan fingerprint density at radius 1 is 1.08 bits per heavy atom. The van der Waals surface area contributed by atoms with Gasteiger partial charge < -0.3 is 5.11 Å². The summed E-state index contributed by atoms with van der Waals surface area (Å²) in [6, 6.07) is 13.3. The van der Waals surface area contributed by atoms with Gasteiger partial charge in [-0.05, 0) is 36.4 Å². The number of aliphatic imine (C=N–C) groups is 1.